The van der Waals surface area contributed by atoms with Crippen LogP contribution in [0.2, 0.25) is 0 Å². The molecular weight excluding hydrogens is 234 g/mol. The predicted octanol–water partition coefficient (Wildman–Crippen LogP) is 3.91. The first-order chi connectivity index (χ1) is 7.98. The van der Waals surface area contributed by atoms with E-state index in [4.69, 9.17) is 0 Å². The van der Waals surface area contributed by atoms with E-state index >= 15 is 0 Å². The van der Waals surface area contributed by atoms with Crippen LogP contribution in [0, 0.1) is 5.82 Å². The van der Waals surface area contributed by atoms with E-state index in [2.05, 4.69) is 4.98 Å². The van der Waals surface area contributed by atoms with Gasteiger partial charge in [0.25, 0.3) is 0 Å². The molecule has 1 aromatic heterocycles. The number of benzene rings is 1. The Hall–Kier alpha value is -1.91. The van der Waals surface area contributed by atoms with E-state index in [1.54, 1.807) is 0 Å². The van der Waals surface area contributed by atoms with Gasteiger partial charge in [0.1, 0.15) is 5.82 Å². The fraction of sp³-hybridized carbons (Fsp3) is 0.0833. The Morgan fingerprint density at radius 3 is 2.35 bits per heavy atom. The third-order valence-electron chi connectivity index (χ3n) is 2.25. The van der Waals surface area contributed by atoms with Gasteiger partial charge in [-0.1, -0.05) is 18.2 Å². The topological polar surface area (TPSA) is 12.9 Å². The highest BCUT2D eigenvalue weighted by atomic mass is 19.4. The number of rotatable bonds is 1. The van der Waals surface area contributed by atoms with Gasteiger partial charge < -0.3 is 0 Å². The van der Waals surface area contributed by atoms with E-state index in [1.807, 2.05) is 0 Å². The molecule has 2 aromatic rings. The zero-order valence-electron chi connectivity index (χ0n) is 8.50. The van der Waals surface area contributed by atoms with Crippen molar-refractivity contribution < 1.29 is 17.6 Å². The number of pyridine rings is 1. The van der Waals surface area contributed by atoms with Crippen molar-refractivity contribution in [3.8, 4) is 11.1 Å². The Morgan fingerprint density at radius 1 is 1.00 bits per heavy atom. The summed E-state index contributed by atoms with van der Waals surface area (Å²) in [6.07, 6.45) is -2.32. The molecule has 0 N–H and O–H groups in total. The number of halogens is 4. The smallest absolute Gasteiger partial charge is 0.261 e. The molecule has 1 nitrogen and oxygen atoms in total. The quantitative estimate of drug-likeness (QED) is 0.690. The Bertz CT molecular complexity index is 534. The van der Waals surface area contributed by atoms with Gasteiger partial charge in [-0.05, 0) is 17.7 Å². The standard InChI is InChI=1S/C12H7F4N/c13-9-5-8(6-17-7-9)10-3-1-2-4-11(10)12(14,15)16/h1-7H. The molecule has 0 atom stereocenters. The minimum Gasteiger partial charge on any atom is -0.261 e. The lowest BCUT2D eigenvalue weighted by molar-refractivity contribution is -0.137. The molecule has 0 bridgehead atoms. The monoisotopic (exact) mass is 241 g/mol. The molecular formula is C12H7F4N. The fourth-order valence-electron chi connectivity index (χ4n) is 1.54. The van der Waals surface area contributed by atoms with Crippen LogP contribution in [0.4, 0.5) is 17.6 Å². The summed E-state index contributed by atoms with van der Waals surface area (Å²) in [7, 11) is 0. The highest BCUT2D eigenvalue weighted by molar-refractivity contribution is 5.67. The summed E-state index contributed by atoms with van der Waals surface area (Å²) in [5.41, 5.74) is -0.766. The van der Waals surface area contributed by atoms with Crippen molar-refractivity contribution in [1.82, 2.24) is 4.98 Å². The van der Waals surface area contributed by atoms with Gasteiger partial charge in [-0.3, -0.25) is 4.98 Å². The van der Waals surface area contributed by atoms with E-state index in [1.165, 1.54) is 24.4 Å². The molecule has 0 aliphatic rings. The van der Waals surface area contributed by atoms with Crippen LogP contribution in [-0.2, 0) is 6.18 Å². The van der Waals surface area contributed by atoms with Crippen LogP contribution >= 0.6 is 0 Å². The van der Waals surface area contributed by atoms with Gasteiger partial charge >= 0.3 is 6.18 Å². The van der Waals surface area contributed by atoms with Crippen LogP contribution < -0.4 is 0 Å². The van der Waals surface area contributed by atoms with E-state index in [0.29, 0.717) is 0 Å². The molecule has 0 amide bonds. The van der Waals surface area contributed by atoms with Crippen LogP contribution in [0.3, 0.4) is 0 Å². The van der Waals surface area contributed by atoms with Crippen molar-refractivity contribution in [3.63, 3.8) is 0 Å². The molecule has 0 saturated heterocycles. The highest BCUT2D eigenvalue weighted by Crippen LogP contribution is 2.36. The van der Waals surface area contributed by atoms with Gasteiger partial charge in [0.05, 0.1) is 11.8 Å². The van der Waals surface area contributed by atoms with E-state index in [-0.39, 0.29) is 11.1 Å². The SMILES string of the molecule is Fc1cncc(-c2ccccc2C(F)(F)F)c1. The van der Waals surface area contributed by atoms with Gasteiger partial charge in [-0.2, -0.15) is 13.2 Å². The number of nitrogens with zero attached hydrogens (tertiary/aromatic N) is 1. The molecule has 0 unspecified atom stereocenters. The van der Waals surface area contributed by atoms with Crippen LogP contribution in [0.15, 0.2) is 42.7 Å². The van der Waals surface area contributed by atoms with Gasteiger partial charge in [0.15, 0.2) is 0 Å². The lowest BCUT2D eigenvalue weighted by Gasteiger charge is -2.12. The highest BCUT2D eigenvalue weighted by Gasteiger charge is 2.33. The fourth-order valence-corrected chi connectivity index (χ4v) is 1.54. The first-order valence-corrected chi connectivity index (χ1v) is 4.75. The molecule has 1 heterocycles. The average molecular weight is 241 g/mol. The Kier molecular flexibility index (Phi) is 2.83. The molecule has 0 spiro atoms. The molecule has 0 saturated carbocycles. The molecule has 0 fully saturated rings. The lowest BCUT2D eigenvalue weighted by Crippen LogP contribution is -2.06. The summed E-state index contributed by atoms with van der Waals surface area (Å²) >= 11 is 0. The van der Waals surface area contributed by atoms with Gasteiger partial charge in [-0.25, -0.2) is 4.39 Å². The van der Waals surface area contributed by atoms with Crippen molar-refractivity contribution in [2.75, 3.05) is 0 Å². The molecule has 88 valence electrons. The van der Waals surface area contributed by atoms with Gasteiger partial charge in [0.2, 0.25) is 0 Å². The molecule has 2 rings (SSSR count). The van der Waals surface area contributed by atoms with E-state index in [9.17, 15) is 17.6 Å². The molecule has 0 aliphatic heterocycles. The van der Waals surface area contributed by atoms with Crippen molar-refractivity contribution in [3.05, 3.63) is 54.1 Å². The molecule has 0 radical (unpaired) electrons. The normalized spacial score (nSPS) is 11.5. The zero-order chi connectivity index (χ0) is 12.5. The predicted molar refractivity (Wildman–Crippen MR) is 54.6 cm³/mol. The van der Waals surface area contributed by atoms with Crippen LogP contribution in [0.1, 0.15) is 5.56 Å². The Morgan fingerprint density at radius 2 is 1.71 bits per heavy atom. The van der Waals surface area contributed by atoms with E-state index < -0.39 is 17.6 Å². The van der Waals surface area contributed by atoms with Crippen LogP contribution in [0.5, 0.6) is 0 Å². The summed E-state index contributed by atoms with van der Waals surface area (Å²) in [5.74, 6) is -0.667. The molecule has 0 aliphatic carbocycles. The van der Waals surface area contributed by atoms with Gasteiger partial charge in [-0.15, -0.1) is 0 Å². The molecule has 17 heavy (non-hydrogen) atoms. The second-order valence-electron chi connectivity index (χ2n) is 3.44. The third kappa shape index (κ3) is 2.43. The maximum absolute atomic E-state index is 12.9. The summed E-state index contributed by atoms with van der Waals surface area (Å²) in [6.45, 7) is 0. The van der Waals surface area contributed by atoms with Crippen LogP contribution in [-0.4, -0.2) is 4.98 Å². The second-order valence-corrected chi connectivity index (χ2v) is 3.44. The summed E-state index contributed by atoms with van der Waals surface area (Å²) < 4.78 is 51.1. The maximum Gasteiger partial charge on any atom is 0.417 e. The van der Waals surface area contributed by atoms with Crippen molar-refractivity contribution in [1.29, 1.82) is 0 Å². The number of alkyl halides is 3. The lowest BCUT2D eigenvalue weighted by atomic mass is 10.0. The minimum atomic E-state index is -4.47. The largest absolute Gasteiger partial charge is 0.417 e. The summed E-state index contributed by atoms with van der Waals surface area (Å²) in [5, 5.41) is 0. The van der Waals surface area contributed by atoms with Crippen molar-refractivity contribution in [2.45, 2.75) is 6.18 Å². The third-order valence-corrected chi connectivity index (χ3v) is 2.25. The number of hydrogen-bond acceptors (Lipinski definition) is 1. The molecule has 5 heteroatoms. The minimum absolute atomic E-state index is 0.0769. The van der Waals surface area contributed by atoms with E-state index in [0.717, 1.165) is 18.3 Å². The van der Waals surface area contributed by atoms with Crippen LogP contribution in [0.25, 0.3) is 11.1 Å². The number of aromatic nitrogens is 1. The Labute approximate surface area is 94.7 Å². The first-order valence-electron chi connectivity index (χ1n) is 4.75. The number of hydrogen-bond donors (Lipinski definition) is 0. The zero-order valence-corrected chi connectivity index (χ0v) is 8.50. The molecule has 1 aromatic carbocycles. The average Bonchev–Trinajstić information content (AvgIpc) is 2.28. The second kappa shape index (κ2) is 4.16. The van der Waals surface area contributed by atoms with Crippen molar-refractivity contribution in [2.24, 2.45) is 0 Å². The Balaban J connectivity index is 2.60. The van der Waals surface area contributed by atoms with Crippen molar-refractivity contribution >= 4 is 0 Å². The summed E-state index contributed by atoms with van der Waals surface area (Å²) in [6, 6.07) is 6.03. The van der Waals surface area contributed by atoms with Gasteiger partial charge in [0, 0.05) is 11.8 Å². The first kappa shape index (κ1) is 11.6. The summed E-state index contributed by atoms with van der Waals surface area (Å²) in [4.78, 5) is 3.54. The maximum atomic E-state index is 12.9.